The highest BCUT2D eigenvalue weighted by atomic mass is 16.6. The van der Waals surface area contributed by atoms with E-state index in [4.69, 9.17) is 11.3 Å². The third-order valence-corrected chi connectivity index (χ3v) is 3.46. The van der Waals surface area contributed by atoms with Gasteiger partial charge in [-0.05, 0) is 29.9 Å². The molecule has 0 amide bonds. The Morgan fingerprint density at radius 2 is 2.06 bits per heavy atom. The van der Waals surface area contributed by atoms with Crippen molar-refractivity contribution >= 4 is 6.21 Å². The van der Waals surface area contributed by atoms with Gasteiger partial charge < -0.3 is 4.84 Å². The van der Waals surface area contributed by atoms with E-state index in [2.05, 4.69) is 29.3 Å². The second-order valence-electron chi connectivity index (χ2n) is 4.68. The predicted octanol–water partition coefficient (Wildman–Crippen LogP) is 3.72. The summed E-state index contributed by atoms with van der Waals surface area (Å²) in [5.74, 6) is 3.07. The summed E-state index contributed by atoms with van der Waals surface area (Å²) in [6, 6.07) is 8.43. The lowest BCUT2D eigenvalue weighted by molar-refractivity contribution is 0.181. The highest BCUT2D eigenvalue weighted by molar-refractivity contribution is 5.81. The summed E-state index contributed by atoms with van der Waals surface area (Å²) >= 11 is 0. The molecule has 2 nitrogen and oxygen atoms in total. The first-order chi connectivity index (χ1) is 8.92. The van der Waals surface area contributed by atoms with Crippen molar-refractivity contribution in [3.05, 3.63) is 35.4 Å². The monoisotopic (exact) mass is 241 g/mol. The van der Waals surface area contributed by atoms with Crippen LogP contribution in [-0.2, 0) is 4.84 Å². The van der Waals surface area contributed by atoms with Crippen LogP contribution in [0.3, 0.4) is 0 Å². The first-order valence-corrected chi connectivity index (χ1v) is 6.59. The van der Waals surface area contributed by atoms with Crippen LogP contribution in [0.25, 0.3) is 0 Å². The van der Waals surface area contributed by atoms with Crippen LogP contribution in [0.5, 0.6) is 0 Å². The normalized spacial score (nSPS) is 16.6. The Labute approximate surface area is 109 Å². The fourth-order valence-electron chi connectivity index (χ4n) is 2.58. The molecule has 0 unspecified atom stereocenters. The van der Waals surface area contributed by atoms with Crippen molar-refractivity contribution in [3.63, 3.8) is 0 Å². The zero-order valence-corrected chi connectivity index (χ0v) is 10.6. The van der Waals surface area contributed by atoms with Gasteiger partial charge in [0.2, 0.25) is 0 Å². The maximum atomic E-state index is 5.11. The van der Waals surface area contributed by atoms with Crippen molar-refractivity contribution in [1.82, 2.24) is 0 Å². The molecule has 94 valence electrons. The van der Waals surface area contributed by atoms with E-state index < -0.39 is 0 Å². The van der Waals surface area contributed by atoms with E-state index in [0.29, 0.717) is 5.92 Å². The van der Waals surface area contributed by atoms with Crippen LogP contribution in [0.2, 0.25) is 0 Å². The standard InChI is InChI=1S/C16H19NO/c1-2-12-18-17-13-15-10-6-7-11-16(15)14-8-4-3-5-9-14/h1,6-7,10-11,13-14H,3-5,8-9,12H2. The second kappa shape index (κ2) is 6.86. The molecule has 1 aromatic rings. The van der Waals surface area contributed by atoms with Crippen LogP contribution in [0, 0.1) is 12.3 Å². The number of oxime groups is 1. The molecule has 0 saturated heterocycles. The minimum atomic E-state index is 0.224. The summed E-state index contributed by atoms with van der Waals surface area (Å²) in [6.45, 7) is 0.224. The van der Waals surface area contributed by atoms with E-state index in [1.165, 1.54) is 37.7 Å². The van der Waals surface area contributed by atoms with Crippen LogP contribution in [0.1, 0.15) is 49.1 Å². The Morgan fingerprint density at radius 1 is 1.28 bits per heavy atom. The second-order valence-corrected chi connectivity index (χ2v) is 4.68. The molecule has 0 bridgehead atoms. The number of rotatable bonds is 4. The van der Waals surface area contributed by atoms with Gasteiger partial charge in [0.1, 0.15) is 0 Å². The average molecular weight is 241 g/mol. The number of hydrogen-bond acceptors (Lipinski definition) is 2. The summed E-state index contributed by atoms with van der Waals surface area (Å²) in [7, 11) is 0. The van der Waals surface area contributed by atoms with Gasteiger partial charge in [-0.1, -0.05) is 54.6 Å². The maximum Gasteiger partial charge on any atom is 0.177 e. The highest BCUT2D eigenvalue weighted by Crippen LogP contribution is 2.33. The van der Waals surface area contributed by atoms with Gasteiger partial charge in [0.15, 0.2) is 6.61 Å². The van der Waals surface area contributed by atoms with Gasteiger partial charge in [-0.25, -0.2) is 0 Å². The van der Waals surface area contributed by atoms with E-state index >= 15 is 0 Å². The van der Waals surface area contributed by atoms with Gasteiger partial charge in [-0.2, -0.15) is 0 Å². The lowest BCUT2D eigenvalue weighted by atomic mass is 9.82. The molecular weight excluding hydrogens is 222 g/mol. The topological polar surface area (TPSA) is 21.6 Å². The number of benzene rings is 1. The molecule has 1 aliphatic carbocycles. The number of hydrogen-bond donors (Lipinski definition) is 0. The van der Waals surface area contributed by atoms with Gasteiger partial charge in [0, 0.05) is 0 Å². The molecule has 0 N–H and O–H groups in total. The molecule has 2 heteroatoms. The van der Waals surface area contributed by atoms with Gasteiger partial charge in [-0.3, -0.25) is 0 Å². The minimum absolute atomic E-state index is 0.224. The van der Waals surface area contributed by atoms with Crippen LogP contribution < -0.4 is 0 Å². The summed E-state index contributed by atoms with van der Waals surface area (Å²) in [6.07, 6.45) is 13.5. The lowest BCUT2D eigenvalue weighted by Gasteiger charge is -2.23. The first-order valence-electron chi connectivity index (χ1n) is 6.59. The molecule has 1 saturated carbocycles. The smallest absolute Gasteiger partial charge is 0.177 e. The van der Waals surface area contributed by atoms with E-state index in [1.807, 2.05) is 6.07 Å². The Bertz CT molecular complexity index is 439. The quantitative estimate of drug-likeness (QED) is 0.341. The van der Waals surface area contributed by atoms with Crippen molar-refractivity contribution in [3.8, 4) is 12.3 Å². The van der Waals surface area contributed by atoms with Crippen molar-refractivity contribution < 1.29 is 4.84 Å². The van der Waals surface area contributed by atoms with Gasteiger partial charge in [0.05, 0.1) is 6.21 Å². The van der Waals surface area contributed by atoms with Gasteiger partial charge >= 0.3 is 0 Å². The molecule has 0 aliphatic heterocycles. The van der Waals surface area contributed by atoms with Crippen LogP contribution in [-0.4, -0.2) is 12.8 Å². The van der Waals surface area contributed by atoms with Crippen LogP contribution >= 0.6 is 0 Å². The lowest BCUT2D eigenvalue weighted by Crippen LogP contribution is -2.07. The molecule has 18 heavy (non-hydrogen) atoms. The van der Waals surface area contributed by atoms with Gasteiger partial charge in [-0.15, -0.1) is 6.42 Å². The molecule has 2 rings (SSSR count). The molecule has 1 aliphatic rings. The molecule has 0 spiro atoms. The number of terminal acetylenes is 1. The zero-order chi connectivity index (χ0) is 12.6. The number of nitrogens with zero attached hydrogens (tertiary/aromatic N) is 1. The molecule has 0 atom stereocenters. The summed E-state index contributed by atoms with van der Waals surface area (Å²) < 4.78 is 0. The Morgan fingerprint density at radius 3 is 2.83 bits per heavy atom. The predicted molar refractivity (Wildman–Crippen MR) is 74.6 cm³/mol. The summed E-state index contributed by atoms with van der Waals surface area (Å²) in [4.78, 5) is 4.96. The minimum Gasteiger partial charge on any atom is -0.383 e. The van der Waals surface area contributed by atoms with Crippen molar-refractivity contribution in [2.45, 2.75) is 38.0 Å². The third-order valence-electron chi connectivity index (χ3n) is 3.46. The zero-order valence-electron chi connectivity index (χ0n) is 10.6. The fraction of sp³-hybridized carbons (Fsp3) is 0.438. The van der Waals surface area contributed by atoms with Gasteiger partial charge in [0.25, 0.3) is 0 Å². The SMILES string of the molecule is C#CCON=Cc1ccccc1C1CCCCC1. The van der Waals surface area contributed by atoms with Crippen LogP contribution in [0.15, 0.2) is 29.4 Å². The maximum absolute atomic E-state index is 5.11. The third kappa shape index (κ3) is 3.37. The van der Waals surface area contributed by atoms with Crippen molar-refractivity contribution in [2.24, 2.45) is 5.16 Å². The first kappa shape index (κ1) is 12.7. The van der Waals surface area contributed by atoms with Crippen molar-refractivity contribution in [1.29, 1.82) is 0 Å². The Kier molecular flexibility index (Phi) is 4.84. The summed E-state index contributed by atoms with van der Waals surface area (Å²) in [5.41, 5.74) is 2.55. The molecule has 0 aromatic heterocycles. The van der Waals surface area contributed by atoms with E-state index in [9.17, 15) is 0 Å². The molecule has 0 radical (unpaired) electrons. The fourth-order valence-corrected chi connectivity index (χ4v) is 2.58. The average Bonchev–Trinajstić information content (AvgIpc) is 2.45. The molecule has 1 fully saturated rings. The Hall–Kier alpha value is -1.75. The summed E-state index contributed by atoms with van der Waals surface area (Å²) in [5, 5.41) is 3.92. The largest absolute Gasteiger partial charge is 0.383 e. The highest BCUT2D eigenvalue weighted by Gasteiger charge is 2.17. The van der Waals surface area contributed by atoms with E-state index in [-0.39, 0.29) is 6.61 Å². The molecule has 0 heterocycles. The van der Waals surface area contributed by atoms with E-state index in [0.717, 1.165) is 5.56 Å². The Balaban J connectivity index is 2.09. The van der Waals surface area contributed by atoms with Crippen LogP contribution in [0.4, 0.5) is 0 Å². The molecule has 1 aromatic carbocycles. The van der Waals surface area contributed by atoms with E-state index in [1.54, 1.807) is 6.21 Å². The van der Waals surface area contributed by atoms with Crippen molar-refractivity contribution in [2.75, 3.05) is 6.61 Å². The molecular formula is C16H19NO.